The van der Waals surface area contributed by atoms with Crippen LogP contribution in [-0.4, -0.2) is 66.0 Å². The maximum absolute atomic E-state index is 13.1. The van der Waals surface area contributed by atoms with Gasteiger partial charge >= 0.3 is 0 Å². The fourth-order valence-corrected chi connectivity index (χ4v) is 4.73. The van der Waals surface area contributed by atoms with E-state index in [4.69, 9.17) is 0 Å². The van der Waals surface area contributed by atoms with Crippen LogP contribution in [0.5, 0.6) is 0 Å². The fraction of sp³-hybridized carbons (Fsp3) is 0.583. The van der Waals surface area contributed by atoms with Gasteiger partial charge in [0.1, 0.15) is 0 Å². The number of pyridine rings is 1. The molecule has 2 aromatic rings. The van der Waals surface area contributed by atoms with Gasteiger partial charge < -0.3 is 9.80 Å². The number of piperidine rings is 1. The van der Waals surface area contributed by atoms with Gasteiger partial charge in [0.05, 0.1) is 5.52 Å². The first-order valence-electron chi connectivity index (χ1n) is 11.2. The van der Waals surface area contributed by atoms with Crippen molar-refractivity contribution in [3.8, 4) is 0 Å². The monoisotopic (exact) mass is 394 g/mol. The molecule has 2 aliphatic rings. The first-order chi connectivity index (χ1) is 14.0. The van der Waals surface area contributed by atoms with Gasteiger partial charge in [0.15, 0.2) is 0 Å². The Bertz CT molecular complexity index is 857. The summed E-state index contributed by atoms with van der Waals surface area (Å²) in [6.45, 7) is 12.3. The molecule has 0 atom stereocenters. The van der Waals surface area contributed by atoms with Crippen LogP contribution in [0.1, 0.15) is 38.8 Å². The largest absolute Gasteiger partial charge is 0.371 e. The third-order valence-electron chi connectivity index (χ3n) is 6.59. The molecule has 0 aliphatic carbocycles. The van der Waals surface area contributed by atoms with Crippen LogP contribution in [0.3, 0.4) is 0 Å². The van der Waals surface area contributed by atoms with Crippen LogP contribution in [0.2, 0.25) is 0 Å². The van der Waals surface area contributed by atoms with Crippen LogP contribution in [0.15, 0.2) is 30.3 Å². The van der Waals surface area contributed by atoms with E-state index in [0.717, 1.165) is 69.7 Å². The number of carbonyl (C=O) groups is 1. The summed E-state index contributed by atoms with van der Waals surface area (Å²) in [6.07, 6.45) is 2.99. The molecule has 29 heavy (non-hydrogen) atoms. The first kappa shape index (κ1) is 20.1. The van der Waals surface area contributed by atoms with Gasteiger partial charge in [0, 0.05) is 68.0 Å². The summed E-state index contributed by atoms with van der Waals surface area (Å²) in [5.74, 6) is 0.565. The molecule has 1 aromatic carbocycles. The molecule has 2 saturated heterocycles. The molecule has 156 valence electrons. The smallest absolute Gasteiger partial charge is 0.225 e. The number of anilines is 1. The van der Waals surface area contributed by atoms with Crippen LogP contribution >= 0.6 is 0 Å². The van der Waals surface area contributed by atoms with Gasteiger partial charge in [0.2, 0.25) is 5.91 Å². The Balaban J connectivity index is 1.35. The lowest BCUT2D eigenvalue weighted by Crippen LogP contribution is -2.44. The van der Waals surface area contributed by atoms with Crippen LogP contribution in [0, 0.1) is 12.8 Å². The zero-order valence-corrected chi connectivity index (χ0v) is 18.1. The van der Waals surface area contributed by atoms with Crippen molar-refractivity contribution in [1.82, 2.24) is 14.8 Å². The maximum atomic E-state index is 13.1. The summed E-state index contributed by atoms with van der Waals surface area (Å²) in [4.78, 5) is 24.8. The van der Waals surface area contributed by atoms with E-state index in [9.17, 15) is 4.79 Å². The molecule has 5 heteroatoms. The standard InChI is InChI=1S/C24H34N4O/c1-18(2)26-11-4-12-28(16-15-26)24(29)20-9-13-27(14-10-20)22-7-8-23-21(17-22)6-5-19(3)25-23/h5-8,17-18,20H,4,9-16H2,1-3H3. The summed E-state index contributed by atoms with van der Waals surface area (Å²) in [7, 11) is 0. The topological polar surface area (TPSA) is 39.7 Å². The number of hydrogen-bond donors (Lipinski definition) is 0. The maximum Gasteiger partial charge on any atom is 0.225 e. The van der Waals surface area contributed by atoms with E-state index in [1.807, 2.05) is 6.92 Å². The third kappa shape index (κ3) is 4.55. The third-order valence-corrected chi connectivity index (χ3v) is 6.59. The van der Waals surface area contributed by atoms with E-state index in [1.165, 1.54) is 11.1 Å². The Hall–Kier alpha value is -2.14. The Morgan fingerprint density at radius 3 is 2.55 bits per heavy atom. The number of amides is 1. The summed E-state index contributed by atoms with van der Waals surface area (Å²) >= 11 is 0. The van der Waals surface area contributed by atoms with Gasteiger partial charge in [-0.15, -0.1) is 0 Å². The van der Waals surface area contributed by atoms with E-state index in [2.05, 4.69) is 63.9 Å². The minimum absolute atomic E-state index is 0.182. The van der Waals surface area contributed by atoms with Crippen molar-refractivity contribution in [3.05, 3.63) is 36.0 Å². The van der Waals surface area contributed by atoms with Gasteiger partial charge in [-0.05, 0) is 64.3 Å². The molecule has 1 aromatic heterocycles. The average molecular weight is 395 g/mol. The average Bonchev–Trinajstić information content (AvgIpc) is 2.99. The van der Waals surface area contributed by atoms with Gasteiger partial charge in [-0.3, -0.25) is 14.7 Å². The Morgan fingerprint density at radius 2 is 1.79 bits per heavy atom. The molecule has 0 radical (unpaired) electrons. The predicted octanol–water partition coefficient (Wildman–Crippen LogP) is 3.70. The number of fused-ring (bicyclic) bond motifs is 1. The molecule has 5 nitrogen and oxygen atoms in total. The molecule has 4 rings (SSSR count). The first-order valence-corrected chi connectivity index (χ1v) is 11.2. The van der Waals surface area contributed by atoms with Crippen molar-refractivity contribution in [3.63, 3.8) is 0 Å². The van der Waals surface area contributed by atoms with E-state index < -0.39 is 0 Å². The highest BCUT2D eigenvalue weighted by Gasteiger charge is 2.30. The summed E-state index contributed by atoms with van der Waals surface area (Å²) in [5.41, 5.74) is 3.35. The molecule has 2 aliphatic heterocycles. The molecule has 0 spiro atoms. The minimum atomic E-state index is 0.182. The summed E-state index contributed by atoms with van der Waals surface area (Å²) in [5, 5.41) is 1.19. The van der Waals surface area contributed by atoms with Gasteiger partial charge in [0.25, 0.3) is 0 Å². The second kappa shape index (κ2) is 8.70. The van der Waals surface area contributed by atoms with Crippen LogP contribution in [-0.2, 0) is 4.79 Å². The number of hydrogen-bond acceptors (Lipinski definition) is 4. The van der Waals surface area contributed by atoms with E-state index in [0.29, 0.717) is 11.9 Å². The lowest BCUT2D eigenvalue weighted by molar-refractivity contribution is -0.136. The zero-order valence-electron chi connectivity index (χ0n) is 18.1. The zero-order chi connectivity index (χ0) is 20.4. The molecule has 0 unspecified atom stereocenters. The van der Waals surface area contributed by atoms with Crippen molar-refractivity contribution in [2.45, 2.75) is 46.1 Å². The van der Waals surface area contributed by atoms with Gasteiger partial charge in [-0.2, -0.15) is 0 Å². The fourth-order valence-electron chi connectivity index (χ4n) is 4.73. The molecule has 1 amide bonds. The SMILES string of the molecule is Cc1ccc2cc(N3CCC(C(=O)N4CCCN(C(C)C)CC4)CC3)ccc2n1. The molecule has 2 fully saturated rings. The van der Waals surface area contributed by atoms with Crippen molar-refractivity contribution in [1.29, 1.82) is 0 Å². The number of benzene rings is 1. The molecule has 3 heterocycles. The second-order valence-corrected chi connectivity index (χ2v) is 8.90. The summed E-state index contributed by atoms with van der Waals surface area (Å²) in [6, 6.07) is 11.3. The highest BCUT2D eigenvalue weighted by molar-refractivity contribution is 5.83. The highest BCUT2D eigenvalue weighted by atomic mass is 16.2. The molecule has 0 saturated carbocycles. The molecule has 0 N–H and O–H groups in total. The lowest BCUT2D eigenvalue weighted by Gasteiger charge is -2.35. The number of carbonyl (C=O) groups excluding carboxylic acids is 1. The lowest BCUT2D eigenvalue weighted by atomic mass is 9.94. The van der Waals surface area contributed by atoms with E-state index in [1.54, 1.807) is 0 Å². The van der Waals surface area contributed by atoms with Crippen LogP contribution in [0.4, 0.5) is 5.69 Å². The normalized spacial score (nSPS) is 19.7. The number of aryl methyl sites for hydroxylation is 1. The van der Waals surface area contributed by atoms with E-state index in [-0.39, 0.29) is 5.92 Å². The minimum Gasteiger partial charge on any atom is -0.371 e. The van der Waals surface area contributed by atoms with Crippen molar-refractivity contribution in [2.75, 3.05) is 44.2 Å². The molecular weight excluding hydrogens is 360 g/mol. The summed E-state index contributed by atoms with van der Waals surface area (Å²) < 4.78 is 0. The number of rotatable bonds is 3. The molecular formula is C24H34N4O. The Kier molecular flexibility index (Phi) is 6.04. The number of aromatic nitrogens is 1. The Labute approximate surface area is 174 Å². The van der Waals surface area contributed by atoms with Crippen LogP contribution < -0.4 is 4.90 Å². The van der Waals surface area contributed by atoms with Gasteiger partial charge in [-0.25, -0.2) is 0 Å². The Morgan fingerprint density at radius 1 is 1.00 bits per heavy atom. The predicted molar refractivity (Wildman–Crippen MR) is 119 cm³/mol. The van der Waals surface area contributed by atoms with Crippen molar-refractivity contribution in [2.24, 2.45) is 5.92 Å². The molecule has 0 bridgehead atoms. The second-order valence-electron chi connectivity index (χ2n) is 8.90. The van der Waals surface area contributed by atoms with E-state index >= 15 is 0 Å². The van der Waals surface area contributed by atoms with Crippen molar-refractivity contribution >= 4 is 22.5 Å². The quantitative estimate of drug-likeness (QED) is 0.796. The number of nitrogens with zero attached hydrogens (tertiary/aromatic N) is 4. The van der Waals surface area contributed by atoms with Crippen LogP contribution in [0.25, 0.3) is 10.9 Å². The van der Waals surface area contributed by atoms with Crippen molar-refractivity contribution < 1.29 is 4.79 Å². The highest BCUT2D eigenvalue weighted by Crippen LogP contribution is 2.27. The van der Waals surface area contributed by atoms with Gasteiger partial charge in [-0.1, -0.05) is 6.07 Å².